The van der Waals surface area contributed by atoms with Crippen LogP contribution in [0.2, 0.25) is 0 Å². The number of carbonyl (C=O) groups excluding carboxylic acids is 2. The van der Waals surface area contributed by atoms with Crippen LogP contribution in [0.15, 0.2) is 24.3 Å². The minimum absolute atomic E-state index is 0.0337. The number of anilines is 1. The summed E-state index contributed by atoms with van der Waals surface area (Å²) in [5, 5.41) is 8.56. The number of aryl methyl sites for hydroxylation is 1. The maximum atomic E-state index is 11.7. The smallest absolute Gasteiger partial charge is 0.238 e. The molecule has 2 rings (SSSR count). The molecule has 0 bridgehead atoms. The molecule has 0 radical (unpaired) electrons. The maximum absolute atomic E-state index is 11.7. The Balaban J connectivity index is 1.75. The molecule has 1 aliphatic rings. The minimum atomic E-state index is -0.0989. The van der Waals surface area contributed by atoms with Gasteiger partial charge in [0.05, 0.1) is 6.54 Å². The lowest BCUT2D eigenvalue weighted by atomic mass is 10.2. The highest BCUT2D eigenvalue weighted by Crippen LogP contribution is 2.08. The molecule has 18 heavy (non-hydrogen) atoms. The van der Waals surface area contributed by atoms with Crippen LogP contribution >= 0.6 is 0 Å². The highest BCUT2D eigenvalue weighted by atomic mass is 16.2. The van der Waals surface area contributed by atoms with Crippen LogP contribution in [-0.2, 0) is 9.59 Å². The van der Waals surface area contributed by atoms with E-state index in [1.807, 2.05) is 31.2 Å². The minimum Gasteiger partial charge on any atom is -0.354 e. The molecule has 5 nitrogen and oxygen atoms in total. The van der Waals surface area contributed by atoms with E-state index in [2.05, 4.69) is 16.0 Å². The second kappa shape index (κ2) is 5.64. The molecule has 3 N–H and O–H groups in total. The first kappa shape index (κ1) is 12.6. The van der Waals surface area contributed by atoms with E-state index in [-0.39, 0.29) is 24.4 Å². The van der Waals surface area contributed by atoms with Crippen LogP contribution in [-0.4, -0.2) is 30.9 Å². The fourth-order valence-electron chi connectivity index (χ4n) is 1.83. The zero-order valence-corrected chi connectivity index (χ0v) is 10.3. The van der Waals surface area contributed by atoms with Gasteiger partial charge in [-0.25, -0.2) is 0 Å². The SMILES string of the molecule is Cc1ccc(NC(=O)CNC2CNC(=O)C2)cc1. The van der Waals surface area contributed by atoms with Crippen LogP contribution in [0.4, 0.5) is 5.69 Å². The van der Waals surface area contributed by atoms with Gasteiger partial charge in [0.2, 0.25) is 11.8 Å². The van der Waals surface area contributed by atoms with E-state index < -0.39 is 0 Å². The fraction of sp³-hybridized carbons (Fsp3) is 0.385. The topological polar surface area (TPSA) is 70.2 Å². The summed E-state index contributed by atoms with van der Waals surface area (Å²) in [6, 6.07) is 7.69. The molecule has 0 spiro atoms. The van der Waals surface area contributed by atoms with Gasteiger partial charge in [-0.3, -0.25) is 9.59 Å². The van der Waals surface area contributed by atoms with Crippen LogP contribution in [0.1, 0.15) is 12.0 Å². The van der Waals surface area contributed by atoms with Gasteiger partial charge in [0, 0.05) is 24.7 Å². The first-order valence-corrected chi connectivity index (χ1v) is 6.00. The van der Waals surface area contributed by atoms with Crippen molar-refractivity contribution in [3.63, 3.8) is 0 Å². The van der Waals surface area contributed by atoms with Crippen molar-refractivity contribution >= 4 is 17.5 Å². The zero-order chi connectivity index (χ0) is 13.0. The third-order valence-corrected chi connectivity index (χ3v) is 2.86. The average Bonchev–Trinajstić information content (AvgIpc) is 2.76. The van der Waals surface area contributed by atoms with Gasteiger partial charge < -0.3 is 16.0 Å². The predicted octanol–water partition coefficient (Wildman–Crippen LogP) is 0.412. The van der Waals surface area contributed by atoms with Gasteiger partial charge in [-0.05, 0) is 19.1 Å². The molecule has 5 heteroatoms. The second-order valence-corrected chi connectivity index (χ2v) is 4.50. The summed E-state index contributed by atoms with van der Waals surface area (Å²) in [5.41, 5.74) is 1.94. The lowest BCUT2D eigenvalue weighted by molar-refractivity contribution is -0.119. The molecular formula is C13H17N3O2. The van der Waals surface area contributed by atoms with Crippen molar-refractivity contribution in [2.75, 3.05) is 18.4 Å². The van der Waals surface area contributed by atoms with Gasteiger partial charge in [0.15, 0.2) is 0 Å². The van der Waals surface area contributed by atoms with Gasteiger partial charge >= 0.3 is 0 Å². The van der Waals surface area contributed by atoms with E-state index in [0.29, 0.717) is 13.0 Å². The number of rotatable bonds is 4. The molecule has 1 fully saturated rings. The van der Waals surface area contributed by atoms with Crippen molar-refractivity contribution in [3.8, 4) is 0 Å². The van der Waals surface area contributed by atoms with Gasteiger partial charge in [-0.2, -0.15) is 0 Å². The van der Waals surface area contributed by atoms with E-state index >= 15 is 0 Å². The van der Waals surface area contributed by atoms with E-state index in [9.17, 15) is 9.59 Å². The molecule has 96 valence electrons. The summed E-state index contributed by atoms with van der Waals surface area (Å²) in [4.78, 5) is 22.6. The van der Waals surface area contributed by atoms with Crippen molar-refractivity contribution in [1.29, 1.82) is 0 Å². The molecule has 1 saturated heterocycles. The Morgan fingerprint density at radius 1 is 1.39 bits per heavy atom. The van der Waals surface area contributed by atoms with Gasteiger partial charge in [-0.15, -0.1) is 0 Å². The summed E-state index contributed by atoms with van der Waals surface area (Å²) >= 11 is 0. The maximum Gasteiger partial charge on any atom is 0.238 e. The highest BCUT2D eigenvalue weighted by molar-refractivity contribution is 5.92. The molecule has 0 aromatic heterocycles. The number of nitrogens with one attached hydrogen (secondary N) is 3. The Morgan fingerprint density at radius 2 is 2.11 bits per heavy atom. The normalized spacial score (nSPS) is 18.5. The van der Waals surface area contributed by atoms with Gasteiger partial charge in [-0.1, -0.05) is 17.7 Å². The highest BCUT2D eigenvalue weighted by Gasteiger charge is 2.21. The van der Waals surface area contributed by atoms with Crippen LogP contribution in [0.25, 0.3) is 0 Å². The molecule has 1 heterocycles. The lowest BCUT2D eigenvalue weighted by Gasteiger charge is -2.10. The Morgan fingerprint density at radius 3 is 2.72 bits per heavy atom. The van der Waals surface area contributed by atoms with Crippen molar-refractivity contribution in [2.45, 2.75) is 19.4 Å². The second-order valence-electron chi connectivity index (χ2n) is 4.50. The summed E-state index contributed by atoms with van der Waals surface area (Å²) < 4.78 is 0. The van der Waals surface area contributed by atoms with Crippen LogP contribution in [0.3, 0.4) is 0 Å². The molecule has 0 aliphatic carbocycles. The average molecular weight is 247 g/mol. The number of hydrogen-bond acceptors (Lipinski definition) is 3. The number of hydrogen-bond donors (Lipinski definition) is 3. The number of carbonyl (C=O) groups is 2. The van der Waals surface area contributed by atoms with Gasteiger partial charge in [0.1, 0.15) is 0 Å². The number of amides is 2. The molecule has 1 aliphatic heterocycles. The van der Waals surface area contributed by atoms with Crippen LogP contribution < -0.4 is 16.0 Å². The molecule has 1 atom stereocenters. The summed E-state index contributed by atoms with van der Waals surface area (Å²) in [7, 11) is 0. The zero-order valence-electron chi connectivity index (χ0n) is 10.3. The summed E-state index contributed by atoms with van der Waals surface area (Å²) in [6.45, 7) is 2.81. The third kappa shape index (κ3) is 3.56. The standard InChI is InChI=1S/C13H17N3O2/c1-9-2-4-10(5-3-9)16-13(18)8-14-11-6-12(17)15-7-11/h2-5,11,14H,6-8H2,1H3,(H,15,17)(H,16,18). The molecule has 1 aromatic rings. The largest absolute Gasteiger partial charge is 0.354 e. The first-order valence-electron chi connectivity index (χ1n) is 6.00. The lowest BCUT2D eigenvalue weighted by Crippen LogP contribution is -2.37. The Bertz CT molecular complexity index is 442. The van der Waals surface area contributed by atoms with E-state index in [4.69, 9.17) is 0 Å². The molecule has 1 unspecified atom stereocenters. The Kier molecular flexibility index (Phi) is 3.94. The first-order chi connectivity index (χ1) is 8.63. The third-order valence-electron chi connectivity index (χ3n) is 2.86. The van der Waals surface area contributed by atoms with Gasteiger partial charge in [0.25, 0.3) is 0 Å². The molecule has 2 amide bonds. The quantitative estimate of drug-likeness (QED) is 0.722. The van der Waals surface area contributed by atoms with E-state index in [0.717, 1.165) is 11.3 Å². The monoisotopic (exact) mass is 247 g/mol. The fourth-order valence-corrected chi connectivity index (χ4v) is 1.83. The Labute approximate surface area is 106 Å². The molecular weight excluding hydrogens is 230 g/mol. The Hall–Kier alpha value is -1.88. The van der Waals surface area contributed by atoms with Crippen LogP contribution in [0, 0.1) is 6.92 Å². The molecule has 1 aromatic carbocycles. The van der Waals surface area contributed by atoms with Crippen molar-refractivity contribution < 1.29 is 9.59 Å². The van der Waals surface area contributed by atoms with E-state index in [1.54, 1.807) is 0 Å². The number of benzene rings is 1. The van der Waals surface area contributed by atoms with Crippen molar-refractivity contribution in [3.05, 3.63) is 29.8 Å². The van der Waals surface area contributed by atoms with E-state index in [1.165, 1.54) is 0 Å². The molecule has 0 saturated carbocycles. The summed E-state index contributed by atoms with van der Waals surface area (Å²) in [6.07, 6.45) is 0.442. The van der Waals surface area contributed by atoms with Crippen molar-refractivity contribution in [2.24, 2.45) is 0 Å². The van der Waals surface area contributed by atoms with Crippen molar-refractivity contribution in [1.82, 2.24) is 10.6 Å². The summed E-state index contributed by atoms with van der Waals surface area (Å²) in [5.74, 6) is -0.0651. The predicted molar refractivity (Wildman–Crippen MR) is 69.2 cm³/mol. The van der Waals surface area contributed by atoms with Crippen LogP contribution in [0.5, 0.6) is 0 Å².